The van der Waals surface area contributed by atoms with Gasteiger partial charge in [0.15, 0.2) is 6.61 Å². The van der Waals surface area contributed by atoms with Crippen molar-refractivity contribution in [2.24, 2.45) is 0 Å². The molecule has 0 aliphatic heterocycles. The third-order valence-electron chi connectivity index (χ3n) is 2.96. The van der Waals surface area contributed by atoms with Gasteiger partial charge in [-0.05, 0) is 75.0 Å². The van der Waals surface area contributed by atoms with Gasteiger partial charge in [0.2, 0.25) is 0 Å². The Balaban J connectivity index is 1.84. The Morgan fingerprint density at radius 3 is 2.33 bits per heavy atom. The maximum Gasteiger partial charge on any atom is 0.279 e. The molecule has 1 aromatic heterocycles. The third-order valence-corrected chi connectivity index (χ3v) is 6.82. The number of carbonyl (C=O) groups is 2. The van der Waals surface area contributed by atoms with Gasteiger partial charge in [-0.2, -0.15) is 0 Å². The van der Waals surface area contributed by atoms with Crippen molar-refractivity contribution in [3.63, 3.8) is 0 Å². The number of aryl methyl sites for hydroxylation is 2. The molecule has 9 heteroatoms. The summed E-state index contributed by atoms with van der Waals surface area (Å²) in [7, 11) is 0. The summed E-state index contributed by atoms with van der Waals surface area (Å²) in [4.78, 5) is 24.1. The van der Waals surface area contributed by atoms with Crippen molar-refractivity contribution in [2.75, 3.05) is 6.61 Å². The molecular weight excluding hydrogens is 484 g/mol. The standard InChI is InChI=1S/C15H13Br2ClN2O3S/c1-7-3-9(4-8(2)13(7)18)23-6-12(21)19-20-15(22)11-5-10(16)14(17)24-11/h3-5H,6H2,1-2H3,(H,19,21)(H,20,22). The zero-order valence-electron chi connectivity index (χ0n) is 12.7. The van der Waals surface area contributed by atoms with Crippen molar-refractivity contribution in [1.82, 2.24) is 10.9 Å². The molecule has 0 fully saturated rings. The number of ether oxygens (including phenoxy) is 1. The second-order valence-electron chi connectivity index (χ2n) is 4.89. The first-order chi connectivity index (χ1) is 11.3. The van der Waals surface area contributed by atoms with Gasteiger partial charge in [0.1, 0.15) is 5.75 Å². The summed E-state index contributed by atoms with van der Waals surface area (Å²) < 4.78 is 6.99. The van der Waals surface area contributed by atoms with Crippen LogP contribution in [0.15, 0.2) is 26.5 Å². The van der Waals surface area contributed by atoms with Gasteiger partial charge in [-0.1, -0.05) is 11.6 Å². The molecule has 128 valence electrons. The van der Waals surface area contributed by atoms with Crippen LogP contribution in [0.3, 0.4) is 0 Å². The highest BCUT2D eigenvalue weighted by Gasteiger charge is 2.13. The van der Waals surface area contributed by atoms with E-state index in [2.05, 4.69) is 42.7 Å². The van der Waals surface area contributed by atoms with E-state index in [1.807, 2.05) is 13.8 Å². The van der Waals surface area contributed by atoms with Crippen LogP contribution >= 0.6 is 54.8 Å². The van der Waals surface area contributed by atoms with E-state index < -0.39 is 11.8 Å². The molecule has 1 aromatic carbocycles. The number of carbonyl (C=O) groups excluding carboxylic acids is 2. The summed E-state index contributed by atoms with van der Waals surface area (Å²) in [5.41, 5.74) is 6.38. The summed E-state index contributed by atoms with van der Waals surface area (Å²) in [5, 5.41) is 0.673. The molecule has 2 aromatic rings. The molecule has 24 heavy (non-hydrogen) atoms. The van der Waals surface area contributed by atoms with Crippen molar-refractivity contribution in [3.8, 4) is 5.75 Å². The first kappa shape index (κ1) is 19.2. The maximum atomic E-state index is 11.9. The Bertz CT molecular complexity index is 753. The van der Waals surface area contributed by atoms with Gasteiger partial charge in [-0.3, -0.25) is 20.4 Å². The second kappa shape index (κ2) is 8.33. The highest BCUT2D eigenvalue weighted by atomic mass is 79.9. The minimum atomic E-state index is -0.469. The van der Waals surface area contributed by atoms with E-state index in [0.717, 1.165) is 19.4 Å². The van der Waals surface area contributed by atoms with Crippen molar-refractivity contribution >= 4 is 66.6 Å². The zero-order chi connectivity index (χ0) is 17.9. The number of halogens is 3. The fourth-order valence-corrected chi connectivity index (χ4v) is 3.86. The quantitative estimate of drug-likeness (QED) is 0.618. The Hall–Kier alpha value is -1.09. The largest absolute Gasteiger partial charge is 0.484 e. The predicted octanol–water partition coefficient (Wildman–Crippen LogP) is 4.38. The fourth-order valence-electron chi connectivity index (χ4n) is 1.82. The lowest BCUT2D eigenvalue weighted by atomic mass is 10.1. The highest BCUT2D eigenvalue weighted by molar-refractivity contribution is 9.13. The minimum absolute atomic E-state index is 0.224. The van der Waals surface area contributed by atoms with E-state index in [1.165, 1.54) is 11.3 Å². The number of rotatable bonds is 4. The van der Waals surface area contributed by atoms with Crippen LogP contribution in [0, 0.1) is 13.8 Å². The number of hydrazine groups is 1. The summed E-state index contributed by atoms with van der Waals surface area (Å²) >= 11 is 13.9. The molecule has 2 N–H and O–H groups in total. The Labute approximate surface area is 164 Å². The van der Waals surface area contributed by atoms with Crippen molar-refractivity contribution in [2.45, 2.75) is 13.8 Å². The summed E-state index contributed by atoms with van der Waals surface area (Å²) in [6.45, 7) is 3.50. The lowest BCUT2D eigenvalue weighted by Crippen LogP contribution is -2.43. The number of hydrogen-bond acceptors (Lipinski definition) is 4. The summed E-state index contributed by atoms with van der Waals surface area (Å²) in [5.74, 6) is -0.330. The van der Waals surface area contributed by atoms with Gasteiger partial charge in [0.05, 0.1) is 8.66 Å². The molecule has 2 rings (SSSR count). The van der Waals surface area contributed by atoms with Gasteiger partial charge >= 0.3 is 0 Å². The highest BCUT2D eigenvalue weighted by Crippen LogP contribution is 2.32. The van der Waals surface area contributed by atoms with E-state index in [1.54, 1.807) is 18.2 Å². The Morgan fingerprint density at radius 2 is 1.79 bits per heavy atom. The smallest absolute Gasteiger partial charge is 0.279 e. The molecule has 0 unspecified atom stereocenters. The predicted molar refractivity (Wildman–Crippen MR) is 102 cm³/mol. The van der Waals surface area contributed by atoms with Gasteiger partial charge in [-0.15, -0.1) is 11.3 Å². The molecule has 1 heterocycles. The van der Waals surface area contributed by atoms with Gasteiger partial charge < -0.3 is 4.74 Å². The topological polar surface area (TPSA) is 67.4 Å². The van der Waals surface area contributed by atoms with E-state index >= 15 is 0 Å². The molecule has 0 spiro atoms. The molecule has 0 saturated carbocycles. The fraction of sp³-hybridized carbons (Fsp3) is 0.200. The first-order valence-electron chi connectivity index (χ1n) is 6.71. The molecule has 0 radical (unpaired) electrons. The van der Waals surface area contributed by atoms with E-state index in [4.69, 9.17) is 16.3 Å². The average Bonchev–Trinajstić information content (AvgIpc) is 2.87. The van der Waals surface area contributed by atoms with Crippen molar-refractivity contribution in [1.29, 1.82) is 0 Å². The van der Waals surface area contributed by atoms with Crippen LogP contribution in [0.2, 0.25) is 5.02 Å². The van der Waals surface area contributed by atoms with E-state index in [0.29, 0.717) is 15.6 Å². The van der Waals surface area contributed by atoms with Crippen molar-refractivity contribution in [3.05, 3.63) is 47.5 Å². The molecule has 0 atom stereocenters. The first-order valence-corrected chi connectivity index (χ1v) is 9.49. The van der Waals surface area contributed by atoms with E-state index in [-0.39, 0.29) is 6.61 Å². The molecular formula is C15H13Br2ClN2O3S. The van der Waals surface area contributed by atoms with Gasteiger partial charge in [-0.25, -0.2) is 0 Å². The normalized spacial score (nSPS) is 10.4. The van der Waals surface area contributed by atoms with Crippen LogP contribution in [0.4, 0.5) is 0 Å². The minimum Gasteiger partial charge on any atom is -0.484 e. The van der Waals surface area contributed by atoms with Gasteiger partial charge in [0, 0.05) is 9.50 Å². The lowest BCUT2D eigenvalue weighted by Gasteiger charge is -2.10. The number of benzene rings is 1. The number of hydrogen-bond donors (Lipinski definition) is 2. The second-order valence-corrected chi connectivity index (χ2v) is 8.50. The molecule has 0 saturated heterocycles. The average molecular weight is 497 g/mol. The third kappa shape index (κ3) is 4.95. The van der Waals surface area contributed by atoms with Crippen LogP contribution in [0.25, 0.3) is 0 Å². The molecule has 0 aliphatic rings. The van der Waals surface area contributed by atoms with Gasteiger partial charge in [0.25, 0.3) is 11.8 Å². The number of nitrogens with one attached hydrogen (secondary N) is 2. The van der Waals surface area contributed by atoms with Crippen LogP contribution in [0.1, 0.15) is 20.8 Å². The molecule has 0 aliphatic carbocycles. The van der Waals surface area contributed by atoms with Crippen LogP contribution in [0.5, 0.6) is 5.75 Å². The lowest BCUT2D eigenvalue weighted by molar-refractivity contribution is -0.123. The van der Waals surface area contributed by atoms with E-state index in [9.17, 15) is 9.59 Å². The number of thiophene rings is 1. The molecule has 0 bridgehead atoms. The van der Waals surface area contributed by atoms with Crippen LogP contribution in [-0.2, 0) is 4.79 Å². The summed E-state index contributed by atoms with van der Waals surface area (Å²) in [6.07, 6.45) is 0. The Kier molecular flexibility index (Phi) is 6.68. The maximum absolute atomic E-state index is 11.9. The molecule has 2 amide bonds. The number of amides is 2. The zero-order valence-corrected chi connectivity index (χ0v) is 17.5. The van der Waals surface area contributed by atoms with Crippen molar-refractivity contribution < 1.29 is 14.3 Å². The monoisotopic (exact) mass is 494 g/mol. The Morgan fingerprint density at radius 1 is 1.17 bits per heavy atom. The van der Waals surface area contributed by atoms with Crippen LogP contribution < -0.4 is 15.6 Å². The SMILES string of the molecule is Cc1cc(OCC(=O)NNC(=O)c2cc(Br)c(Br)s2)cc(C)c1Cl. The summed E-state index contributed by atoms with van der Waals surface area (Å²) in [6, 6.07) is 5.16. The van der Waals surface area contributed by atoms with Crippen LogP contribution in [-0.4, -0.2) is 18.4 Å². The molecule has 5 nitrogen and oxygen atoms in total.